The van der Waals surface area contributed by atoms with Gasteiger partial charge in [-0.25, -0.2) is 26.7 Å². The third-order valence-electron chi connectivity index (χ3n) is 7.94. The first-order valence-electron chi connectivity index (χ1n) is 13.9. The lowest BCUT2D eigenvalue weighted by Crippen LogP contribution is -2.51. The van der Waals surface area contributed by atoms with Crippen molar-refractivity contribution in [2.24, 2.45) is 5.92 Å². The van der Waals surface area contributed by atoms with Crippen molar-refractivity contribution in [3.8, 4) is 0 Å². The Morgan fingerprint density at radius 3 is 2.59 bits per heavy atom. The molecule has 2 amide bonds. The van der Waals surface area contributed by atoms with Crippen molar-refractivity contribution in [3.63, 3.8) is 0 Å². The van der Waals surface area contributed by atoms with Crippen LogP contribution in [0.2, 0.25) is 0 Å². The van der Waals surface area contributed by atoms with Crippen LogP contribution < -0.4 is 10.6 Å². The van der Waals surface area contributed by atoms with Gasteiger partial charge in [-0.2, -0.15) is 0 Å². The average Bonchev–Trinajstić information content (AvgIpc) is 2.87. The summed E-state index contributed by atoms with van der Waals surface area (Å²) < 4.78 is 82.0. The summed E-state index contributed by atoms with van der Waals surface area (Å²) in [5.41, 5.74) is -1.49. The van der Waals surface area contributed by atoms with E-state index in [0.29, 0.717) is 83.6 Å². The minimum absolute atomic E-state index is 0.0949. The molecule has 1 saturated heterocycles. The Bertz CT molecular complexity index is 928. The van der Waals surface area contributed by atoms with Crippen LogP contribution in [0.5, 0.6) is 0 Å². The topological polar surface area (TPSA) is 62.8 Å². The Hall–Kier alpha value is -1.98. The molecule has 1 aromatic rings. The van der Waals surface area contributed by atoms with Crippen LogP contribution in [0.4, 0.5) is 26.7 Å². The number of hydrogen-bond acceptors (Lipinski definition) is 4. The first kappa shape index (κ1) is 31.5. The van der Waals surface area contributed by atoms with E-state index in [1.807, 2.05) is 0 Å². The molecule has 1 aromatic carbocycles. The molecule has 39 heavy (non-hydrogen) atoms. The fraction of sp³-hybridized carbons (Fsp3) is 0.750. The van der Waals surface area contributed by atoms with E-state index in [1.165, 1.54) is 4.90 Å². The molecule has 0 aromatic heterocycles. The summed E-state index contributed by atoms with van der Waals surface area (Å²) in [5.74, 6) is -5.84. The number of carbonyl (C=O) groups excluding carboxylic acids is 1. The molecule has 2 atom stereocenters. The summed E-state index contributed by atoms with van der Waals surface area (Å²) in [6.45, 7) is 1.17. The van der Waals surface area contributed by atoms with E-state index >= 15 is 4.39 Å². The van der Waals surface area contributed by atoms with Gasteiger partial charge < -0.3 is 25.0 Å². The fourth-order valence-corrected chi connectivity index (χ4v) is 5.74. The van der Waals surface area contributed by atoms with Gasteiger partial charge in [-0.15, -0.1) is 0 Å². The van der Waals surface area contributed by atoms with E-state index in [-0.39, 0.29) is 43.1 Å². The number of benzene rings is 1. The van der Waals surface area contributed by atoms with Crippen molar-refractivity contribution in [2.75, 3.05) is 40.6 Å². The molecule has 0 spiro atoms. The average molecular weight is 564 g/mol. The minimum atomic E-state index is -2.61. The SMILES string of the molecule is CNC[C@H](CC1CCC(F)(F)CC1)NC(=O)N1CCCC[C@@](CCCCOC)(c2cc(F)cc(F)c2F)OC1. The van der Waals surface area contributed by atoms with E-state index in [2.05, 4.69) is 10.6 Å². The molecule has 1 saturated carbocycles. The molecule has 0 bridgehead atoms. The Morgan fingerprint density at radius 2 is 1.90 bits per heavy atom. The van der Waals surface area contributed by atoms with Gasteiger partial charge in [-0.3, -0.25) is 0 Å². The zero-order valence-corrected chi connectivity index (χ0v) is 23.0. The normalized spacial score (nSPS) is 23.2. The van der Waals surface area contributed by atoms with Gasteiger partial charge in [0.15, 0.2) is 11.6 Å². The molecule has 0 unspecified atom stereocenters. The summed E-state index contributed by atoms with van der Waals surface area (Å²) in [4.78, 5) is 14.8. The molecule has 1 aliphatic carbocycles. The number of methoxy groups -OCH3 is 1. The monoisotopic (exact) mass is 563 g/mol. The van der Waals surface area contributed by atoms with Crippen molar-refractivity contribution >= 4 is 6.03 Å². The fourth-order valence-electron chi connectivity index (χ4n) is 5.74. The van der Waals surface area contributed by atoms with Crippen molar-refractivity contribution in [3.05, 3.63) is 35.1 Å². The smallest absolute Gasteiger partial charge is 0.319 e. The highest BCUT2D eigenvalue weighted by Crippen LogP contribution is 2.41. The van der Waals surface area contributed by atoms with Gasteiger partial charge in [-0.05, 0) is 76.8 Å². The second kappa shape index (κ2) is 14.6. The summed E-state index contributed by atoms with van der Waals surface area (Å²) in [7, 11) is 3.34. The number of ether oxygens (including phenoxy) is 2. The number of nitrogens with one attached hydrogen (secondary N) is 2. The molecular weight excluding hydrogens is 521 g/mol. The van der Waals surface area contributed by atoms with Crippen LogP contribution in [-0.2, 0) is 15.1 Å². The Kier molecular flexibility index (Phi) is 11.8. The predicted octanol–water partition coefficient (Wildman–Crippen LogP) is 6.09. The number of alkyl halides is 2. The van der Waals surface area contributed by atoms with Gasteiger partial charge in [-0.1, -0.05) is 0 Å². The maximum absolute atomic E-state index is 15.0. The summed E-state index contributed by atoms with van der Waals surface area (Å²) in [6, 6.07) is 0.850. The van der Waals surface area contributed by atoms with E-state index in [9.17, 15) is 22.4 Å². The van der Waals surface area contributed by atoms with Crippen molar-refractivity contribution in [1.29, 1.82) is 0 Å². The van der Waals surface area contributed by atoms with E-state index in [0.717, 1.165) is 6.07 Å². The summed E-state index contributed by atoms with van der Waals surface area (Å²) in [6.07, 6.45) is 4.18. The largest absolute Gasteiger partial charge is 0.385 e. The molecule has 1 heterocycles. The number of likely N-dealkylation sites (N-methyl/N-ethyl adjacent to an activating group) is 1. The van der Waals surface area contributed by atoms with Crippen LogP contribution >= 0.6 is 0 Å². The zero-order chi connectivity index (χ0) is 28.5. The maximum Gasteiger partial charge on any atom is 0.319 e. The van der Waals surface area contributed by atoms with Gasteiger partial charge in [0.25, 0.3) is 0 Å². The van der Waals surface area contributed by atoms with Crippen LogP contribution in [-0.4, -0.2) is 63.5 Å². The zero-order valence-electron chi connectivity index (χ0n) is 23.0. The molecule has 2 fully saturated rings. The Morgan fingerprint density at radius 1 is 1.15 bits per heavy atom. The molecule has 3 rings (SSSR count). The van der Waals surface area contributed by atoms with Gasteiger partial charge >= 0.3 is 6.03 Å². The lowest BCUT2D eigenvalue weighted by atomic mass is 9.82. The van der Waals surface area contributed by atoms with Crippen LogP contribution in [0, 0.1) is 23.4 Å². The quantitative estimate of drug-likeness (QED) is 0.194. The number of halogens is 5. The van der Waals surface area contributed by atoms with Gasteiger partial charge in [0, 0.05) is 57.3 Å². The first-order chi connectivity index (χ1) is 18.6. The molecule has 2 N–H and O–H groups in total. The highest BCUT2D eigenvalue weighted by Gasteiger charge is 2.39. The van der Waals surface area contributed by atoms with Gasteiger partial charge in [0.2, 0.25) is 5.92 Å². The lowest BCUT2D eigenvalue weighted by Gasteiger charge is -2.39. The van der Waals surface area contributed by atoms with Crippen LogP contribution in [0.3, 0.4) is 0 Å². The predicted molar refractivity (Wildman–Crippen MR) is 138 cm³/mol. The van der Waals surface area contributed by atoms with E-state index < -0.39 is 29.0 Å². The van der Waals surface area contributed by atoms with Crippen LogP contribution in [0.15, 0.2) is 12.1 Å². The number of hydrogen-bond donors (Lipinski definition) is 2. The Labute approximate surface area is 228 Å². The molecule has 222 valence electrons. The van der Waals surface area contributed by atoms with Gasteiger partial charge in [0.1, 0.15) is 12.5 Å². The van der Waals surface area contributed by atoms with Crippen molar-refractivity contribution < 1.29 is 36.2 Å². The summed E-state index contributed by atoms with van der Waals surface area (Å²) >= 11 is 0. The number of carbonyl (C=O) groups is 1. The number of urea groups is 1. The van der Waals surface area contributed by atoms with E-state index in [1.54, 1.807) is 14.2 Å². The number of nitrogens with zero attached hydrogens (tertiary/aromatic N) is 1. The molecule has 0 radical (unpaired) electrons. The van der Waals surface area contributed by atoms with Crippen LogP contribution in [0.1, 0.15) is 76.2 Å². The first-order valence-corrected chi connectivity index (χ1v) is 13.9. The number of unbranched alkanes of at least 4 members (excludes halogenated alkanes) is 1. The maximum atomic E-state index is 15.0. The molecule has 1 aliphatic heterocycles. The third-order valence-corrected chi connectivity index (χ3v) is 7.94. The van der Waals surface area contributed by atoms with Crippen molar-refractivity contribution in [2.45, 2.75) is 88.2 Å². The highest BCUT2D eigenvalue weighted by atomic mass is 19.3. The third kappa shape index (κ3) is 9.01. The van der Waals surface area contributed by atoms with Crippen molar-refractivity contribution in [1.82, 2.24) is 15.5 Å². The number of amides is 2. The standard InChI is InChI=1S/C28H42F5N3O3/c1-34-18-22(15-20-7-11-28(32,33)12-8-20)35-26(37)36-13-5-3-9-27(39-19-36,10-4-6-14-38-2)23-16-21(29)17-24(30)25(23)31/h16-17,20,22,34H,3-15,18-19H2,1-2H3,(H,35,37)/t22-,27+/m0/s1. The minimum Gasteiger partial charge on any atom is -0.385 e. The number of rotatable bonds is 11. The highest BCUT2D eigenvalue weighted by molar-refractivity contribution is 5.74. The summed E-state index contributed by atoms with van der Waals surface area (Å²) in [5, 5.41) is 6.06. The van der Waals surface area contributed by atoms with Crippen LogP contribution in [0.25, 0.3) is 0 Å². The second-order valence-corrected chi connectivity index (χ2v) is 10.9. The second-order valence-electron chi connectivity index (χ2n) is 10.9. The van der Waals surface area contributed by atoms with Gasteiger partial charge in [0.05, 0.1) is 5.60 Å². The molecular formula is C28H42F5N3O3. The Balaban J connectivity index is 1.72. The molecule has 11 heteroatoms. The molecule has 2 aliphatic rings. The van der Waals surface area contributed by atoms with E-state index in [4.69, 9.17) is 9.47 Å². The molecule has 6 nitrogen and oxygen atoms in total. The lowest BCUT2D eigenvalue weighted by molar-refractivity contribution is -0.111.